The Kier molecular flexibility index (Phi) is 6.43. The molecule has 0 radical (unpaired) electrons. The Labute approximate surface area is 219 Å². The molecule has 0 spiro atoms. The van der Waals surface area contributed by atoms with Crippen LogP contribution >= 0.6 is 11.6 Å². The summed E-state index contributed by atoms with van der Waals surface area (Å²) in [6, 6.07) is 19.2. The summed E-state index contributed by atoms with van der Waals surface area (Å²) in [5.41, 5.74) is 3.00. The Morgan fingerprint density at radius 2 is 1.70 bits per heavy atom. The highest BCUT2D eigenvalue weighted by molar-refractivity contribution is 7.88. The van der Waals surface area contributed by atoms with E-state index in [1.807, 2.05) is 30.3 Å². The maximum atomic E-state index is 13.5. The molecule has 10 heteroatoms. The first-order chi connectivity index (χ1) is 17.7. The van der Waals surface area contributed by atoms with Gasteiger partial charge in [0.05, 0.1) is 37.8 Å². The van der Waals surface area contributed by atoms with Gasteiger partial charge in [0.25, 0.3) is 5.56 Å². The van der Waals surface area contributed by atoms with Gasteiger partial charge in [-0.1, -0.05) is 48.0 Å². The number of halogens is 1. The summed E-state index contributed by atoms with van der Waals surface area (Å²) in [6.45, 7) is 0. The lowest BCUT2D eigenvalue weighted by atomic mass is 9.91. The molecule has 1 aliphatic heterocycles. The fraction of sp³-hybridized carbons (Fsp3) is 0.185. The average Bonchev–Trinajstić information content (AvgIpc) is 3.34. The monoisotopic (exact) mass is 537 g/mol. The molecule has 0 amide bonds. The van der Waals surface area contributed by atoms with E-state index < -0.39 is 16.1 Å². The van der Waals surface area contributed by atoms with Crippen LogP contribution in [0.25, 0.3) is 22.0 Å². The van der Waals surface area contributed by atoms with Gasteiger partial charge in [-0.2, -0.15) is 9.52 Å². The van der Waals surface area contributed by atoms with Crippen molar-refractivity contribution in [3.8, 4) is 22.6 Å². The number of ether oxygens (including phenoxy) is 2. The summed E-state index contributed by atoms with van der Waals surface area (Å²) < 4.78 is 37.5. The molecule has 1 atom stereocenters. The van der Waals surface area contributed by atoms with Crippen LogP contribution in [0.3, 0.4) is 0 Å². The highest BCUT2D eigenvalue weighted by Gasteiger charge is 2.37. The molecule has 37 heavy (non-hydrogen) atoms. The highest BCUT2D eigenvalue weighted by atomic mass is 35.5. The van der Waals surface area contributed by atoms with E-state index in [1.165, 1.54) is 14.2 Å². The number of aromatic nitrogens is 1. The van der Waals surface area contributed by atoms with Crippen LogP contribution in [0.15, 0.2) is 76.6 Å². The van der Waals surface area contributed by atoms with Gasteiger partial charge in [-0.05, 0) is 41.5 Å². The number of nitrogens with zero attached hydrogens (tertiary/aromatic N) is 2. The molecule has 0 unspecified atom stereocenters. The van der Waals surface area contributed by atoms with Crippen molar-refractivity contribution in [2.75, 3.05) is 20.5 Å². The van der Waals surface area contributed by atoms with Gasteiger partial charge in [0, 0.05) is 27.9 Å². The minimum atomic E-state index is -3.78. The fourth-order valence-electron chi connectivity index (χ4n) is 4.70. The molecule has 2 heterocycles. The van der Waals surface area contributed by atoms with Gasteiger partial charge in [-0.3, -0.25) is 4.79 Å². The number of methoxy groups -OCH3 is 2. The summed E-state index contributed by atoms with van der Waals surface area (Å²) in [6.07, 6.45) is 1.27. The zero-order valence-electron chi connectivity index (χ0n) is 20.4. The van der Waals surface area contributed by atoms with Gasteiger partial charge in [0.2, 0.25) is 10.0 Å². The van der Waals surface area contributed by atoms with Gasteiger partial charge in [-0.15, -0.1) is 0 Å². The molecule has 4 aromatic rings. The molecular formula is C27H24ClN3O5S. The zero-order chi connectivity index (χ0) is 26.3. The first-order valence-electron chi connectivity index (χ1n) is 11.4. The molecule has 0 bridgehead atoms. The van der Waals surface area contributed by atoms with E-state index in [4.69, 9.17) is 21.1 Å². The number of hydrazone groups is 1. The maximum absolute atomic E-state index is 13.5. The van der Waals surface area contributed by atoms with E-state index in [0.717, 1.165) is 21.6 Å². The second-order valence-electron chi connectivity index (χ2n) is 8.68. The van der Waals surface area contributed by atoms with Crippen molar-refractivity contribution in [2.45, 2.75) is 12.5 Å². The van der Waals surface area contributed by atoms with Gasteiger partial charge in [0.15, 0.2) is 11.5 Å². The summed E-state index contributed by atoms with van der Waals surface area (Å²) in [5.74, 6) is 0.982. The van der Waals surface area contributed by atoms with Crippen molar-refractivity contribution in [1.82, 2.24) is 9.40 Å². The number of fused-ring (bicyclic) bond motifs is 1. The minimum absolute atomic E-state index is 0.178. The number of rotatable bonds is 6. The van der Waals surface area contributed by atoms with Crippen LogP contribution in [-0.2, 0) is 10.0 Å². The number of benzene rings is 3. The molecule has 0 saturated heterocycles. The quantitative estimate of drug-likeness (QED) is 0.374. The number of hydrogen-bond acceptors (Lipinski definition) is 6. The van der Waals surface area contributed by atoms with E-state index in [1.54, 1.807) is 36.4 Å². The second-order valence-corrected chi connectivity index (χ2v) is 11.0. The summed E-state index contributed by atoms with van der Waals surface area (Å²) in [7, 11) is -0.735. The predicted octanol–water partition coefficient (Wildman–Crippen LogP) is 4.98. The van der Waals surface area contributed by atoms with Gasteiger partial charge >= 0.3 is 0 Å². The molecule has 1 N–H and O–H groups in total. The van der Waals surface area contributed by atoms with Crippen LogP contribution in [-0.4, -0.2) is 44.0 Å². The number of aromatic amines is 1. The topological polar surface area (TPSA) is 101 Å². The van der Waals surface area contributed by atoms with Crippen molar-refractivity contribution in [1.29, 1.82) is 0 Å². The van der Waals surface area contributed by atoms with E-state index >= 15 is 0 Å². The standard InChI is InChI=1S/C27H24ClN3O5S/c1-35-23-12-9-17(13-24(23)36-2)22-15-21(30-31(22)37(3,33)34)26-25(16-7-5-4-6-8-16)19-14-18(28)10-11-20(19)29-27(26)32/h4-14,22H,15H2,1-3H3,(H,29,32)/t22-/m1/s1. The predicted molar refractivity (Wildman–Crippen MR) is 145 cm³/mol. The number of hydrogen-bond donors (Lipinski definition) is 1. The smallest absolute Gasteiger partial charge is 0.258 e. The minimum Gasteiger partial charge on any atom is -0.493 e. The summed E-state index contributed by atoms with van der Waals surface area (Å²) in [5, 5.41) is 5.74. The third-order valence-corrected chi connectivity index (χ3v) is 7.58. The maximum Gasteiger partial charge on any atom is 0.258 e. The van der Waals surface area contributed by atoms with Gasteiger partial charge in [-0.25, -0.2) is 8.42 Å². The highest BCUT2D eigenvalue weighted by Crippen LogP contribution is 2.40. The van der Waals surface area contributed by atoms with Crippen molar-refractivity contribution >= 4 is 38.2 Å². The number of H-pyrrole nitrogens is 1. The number of pyridine rings is 1. The molecule has 190 valence electrons. The van der Waals surface area contributed by atoms with Gasteiger partial charge in [0.1, 0.15) is 0 Å². The molecule has 5 rings (SSSR count). The van der Waals surface area contributed by atoms with Crippen molar-refractivity contribution in [2.24, 2.45) is 5.10 Å². The molecule has 0 aliphatic carbocycles. The molecule has 3 aromatic carbocycles. The normalized spacial score (nSPS) is 15.6. The lowest BCUT2D eigenvalue weighted by Crippen LogP contribution is -2.26. The Bertz CT molecular complexity index is 1700. The summed E-state index contributed by atoms with van der Waals surface area (Å²) >= 11 is 6.34. The fourth-order valence-corrected chi connectivity index (χ4v) is 5.78. The van der Waals surface area contributed by atoms with E-state index in [9.17, 15) is 13.2 Å². The molecule has 0 saturated carbocycles. The third-order valence-electron chi connectivity index (χ3n) is 6.33. The van der Waals surface area contributed by atoms with Crippen LogP contribution in [0.4, 0.5) is 0 Å². The van der Waals surface area contributed by atoms with Crippen LogP contribution in [0.5, 0.6) is 11.5 Å². The Balaban J connectivity index is 1.73. The molecule has 0 fully saturated rings. The SMILES string of the molecule is COc1ccc([C@H]2CC(c3c(-c4ccccc4)c4cc(Cl)ccc4[nH]c3=O)=NN2S(C)(=O)=O)cc1OC. The van der Waals surface area contributed by atoms with E-state index in [2.05, 4.69) is 10.1 Å². The van der Waals surface area contributed by atoms with Crippen LogP contribution in [0, 0.1) is 0 Å². The Hall–Kier alpha value is -3.82. The Morgan fingerprint density at radius 3 is 2.38 bits per heavy atom. The number of nitrogens with one attached hydrogen (secondary N) is 1. The largest absolute Gasteiger partial charge is 0.493 e. The molecular weight excluding hydrogens is 514 g/mol. The number of sulfonamides is 1. The summed E-state index contributed by atoms with van der Waals surface area (Å²) in [4.78, 5) is 16.4. The third kappa shape index (κ3) is 4.56. The van der Waals surface area contributed by atoms with Crippen molar-refractivity contribution in [3.63, 3.8) is 0 Å². The lowest BCUT2D eigenvalue weighted by Gasteiger charge is -2.22. The average molecular weight is 538 g/mol. The van der Waals surface area contributed by atoms with Crippen molar-refractivity contribution < 1.29 is 17.9 Å². The molecule has 8 nitrogen and oxygen atoms in total. The lowest BCUT2D eigenvalue weighted by molar-refractivity contribution is 0.349. The molecule has 1 aliphatic rings. The van der Waals surface area contributed by atoms with E-state index in [0.29, 0.717) is 44.4 Å². The van der Waals surface area contributed by atoms with Gasteiger partial charge < -0.3 is 14.5 Å². The van der Waals surface area contributed by atoms with Crippen LogP contribution < -0.4 is 15.0 Å². The Morgan fingerprint density at radius 1 is 0.973 bits per heavy atom. The van der Waals surface area contributed by atoms with Crippen LogP contribution in [0.1, 0.15) is 23.6 Å². The first-order valence-corrected chi connectivity index (χ1v) is 13.6. The van der Waals surface area contributed by atoms with E-state index in [-0.39, 0.29) is 12.0 Å². The van der Waals surface area contributed by atoms with Crippen LogP contribution in [0.2, 0.25) is 5.02 Å². The zero-order valence-corrected chi connectivity index (χ0v) is 21.9. The van der Waals surface area contributed by atoms with Crippen molar-refractivity contribution in [3.05, 3.63) is 93.2 Å². The second kappa shape index (κ2) is 9.57. The molecule has 1 aromatic heterocycles. The first kappa shape index (κ1) is 24.9.